The van der Waals surface area contributed by atoms with Crippen molar-refractivity contribution in [2.75, 3.05) is 7.11 Å². The van der Waals surface area contributed by atoms with Crippen LogP contribution in [0.4, 0.5) is 4.39 Å². The maximum Gasteiger partial charge on any atom is 0.254 e. The van der Waals surface area contributed by atoms with Gasteiger partial charge in [0.15, 0.2) is 11.6 Å². The van der Waals surface area contributed by atoms with Crippen molar-refractivity contribution in [3.05, 3.63) is 63.9 Å². The third-order valence-corrected chi connectivity index (χ3v) is 3.32. The smallest absolute Gasteiger partial charge is 0.254 e. The molecule has 104 valence electrons. The summed E-state index contributed by atoms with van der Waals surface area (Å²) in [7, 11) is 1.36. The first-order valence-corrected chi connectivity index (χ1v) is 6.76. The number of hydrogen-bond acceptors (Lipinski definition) is 2. The Hall–Kier alpha value is -1.88. The Morgan fingerprint density at radius 2 is 1.95 bits per heavy atom. The molecule has 0 radical (unpaired) electrons. The monoisotopic (exact) mass is 337 g/mol. The van der Waals surface area contributed by atoms with Crippen molar-refractivity contribution in [3.8, 4) is 5.75 Å². The molecule has 0 unspecified atom stereocenters. The van der Waals surface area contributed by atoms with Gasteiger partial charge in [-0.3, -0.25) is 4.79 Å². The van der Waals surface area contributed by atoms with Gasteiger partial charge in [0.1, 0.15) is 0 Å². The molecule has 20 heavy (non-hydrogen) atoms. The Bertz CT molecular complexity index is 614. The Labute approximate surface area is 124 Å². The summed E-state index contributed by atoms with van der Waals surface area (Å²) < 4.78 is 19.7. The molecule has 0 heterocycles. The highest BCUT2D eigenvalue weighted by atomic mass is 79.9. The minimum Gasteiger partial charge on any atom is -0.494 e. The zero-order valence-corrected chi connectivity index (χ0v) is 12.4. The molecule has 2 aromatic carbocycles. The predicted octanol–water partition coefficient (Wildman–Crippen LogP) is 3.53. The molecule has 0 aliphatic rings. The van der Waals surface area contributed by atoms with E-state index in [0.717, 1.165) is 10.0 Å². The van der Waals surface area contributed by atoms with Crippen molar-refractivity contribution in [2.45, 2.75) is 6.54 Å². The van der Waals surface area contributed by atoms with E-state index in [1.54, 1.807) is 6.07 Å². The Balaban J connectivity index is 2.07. The summed E-state index contributed by atoms with van der Waals surface area (Å²) in [6.45, 7) is 0.336. The summed E-state index contributed by atoms with van der Waals surface area (Å²) in [6.07, 6.45) is 0. The van der Waals surface area contributed by atoms with Crippen molar-refractivity contribution in [3.63, 3.8) is 0 Å². The molecule has 0 saturated carbocycles. The van der Waals surface area contributed by atoms with Crippen LogP contribution in [0.2, 0.25) is 0 Å². The van der Waals surface area contributed by atoms with Gasteiger partial charge in [-0.15, -0.1) is 0 Å². The summed E-state index contributed by atoms with van der Waals surface area (Å²) in [4.78, 5) is 12.0. The Kier molecular flexibility index (Phi) is 4.74. The van der Waals surface area contributed by atoms with E-state index in [2.05, 4.69) is 21.2 Å². The van der Waals surface area contributed by atoms with E-state index in [9.17, 15) is 9.18 Å². The standard InChI is InChI=1S/C15H13BrFNO2/c1-20-13-4-2-3-12(14(13)17)15(19)18-9-10-5-7-11(16)8-6-10/h2-8H,9H2,1H3,(H,18,19). The third-order valence-electron chi connectivity index (χ3n) is 2.79. The number of halogens is 2. The summed E-state index contributed by atoms with van der Waals surface area (Å²) in [5.74, 6) is -1.06. The summed E-state index contributed by atoms with van der Waals surface area (Å²) in [5, 5.41) is 2.68. The molecule has 0 aliphatic carbocycles. The van der Waals surface area contributed by atoms with E-state index in [4.69, 9.17) is 4.74 Å². The molecule has 0 bridgehead atoms. The van der Waals surface area contributed by atoms with Crippen LogP contribution in [-0.2, 0) is 6.54 Å². The quantitative estimate of drug-likeness (QED) is 0.926. The first-order valence-electron chi connectivity index (χ1n) is 5.97. The van der Waals surface area contributed by atoms with E-state index in [1.807, 2.05) is 24.3 Å². The van der Waals surface area contributed by atoms with Crippen LogP contribution in [0.15, 0.2) is 46.9 Å². The lowest BCUT2D eigenvalue weighted by Crippen LogP contribution is -2.23. The molecule has 0 spiro atoms. The zero-order chi connectivity index (χ0) is 14.5. The van der Waals surface area contributed by atoms with Crippen LogP contribution in [0.5, 0.6) is 5.75 Å². The van der Waals surface area contributed by atoms with Crippen molar-refractivity contribution in [1.29, 1.82) is 0 Å². The first-order chi connectivity index (χ1) is 9.61. The molecule has 2 aromatic rings. The minimum atomic E-state index is -0.650. The molecule has 0 aromatic heterocycles. The third kappa shape index (κ3) is 3.36. The topological polar surface area (TPSA) is 38.3 Å². The van der Waals surface area contributed by atoms with Crippen LogP contribution in [0.25, 0.3) is 0 Å². The van der Waals surface area contributed by atoms with Crippen LogP contribution in [0.1, 0.15) is 15.9 Å². The number of carbonyl (C=O) groups is 1. The number of ether oxygens (including phenoxy) is 1. The van der Waals surface area contributed by atoms with Crippen LogP contribution < -0.4 is 10.1 Å². The van der Waals surface area contributed by atoms with Gasteiger partial charge < -0.3 is 10.1 Å². The zero-order valence-electron chi connectivity index (χ0n) is 10.8. The van der Waals surface area contributed by atoms with Gasteiger partial charge in [0, 0.05) is 11.0 Å². The second kappa shape index (κ2) is 6.52. The Morgan fingerprint density at radius 1 is 1.25 bits per heavy atom. The van der Waals surface area contributed by atoms with Gasteiger partial charge in [-0.25, -0.2) is 4.39 Å². The first kappa shape index (κ1) is 14.5. The summed E-state index contributed by atoms with van der Waals surface area (Å²) >= 11 is 3.34. The lowest BCUT2D eigenvalue weighted by molar-refractivity contribution is 0.0946. The summed E-state index contributed by atoms with van der Waals surface area (Å²) in [6, 6.07) is 12.0. The number of rotatable bonds is 4. The number of hydrogen-bond donors (Lipinski definition) is 1. The van der Waals surface area contributed by atoms with Gasteiger partial charge in [0.2, 0.25) is 0 Å². The fourth-order valence-corrected chi connectivity index (χ4v) is 1.99. The summed E-state index contributed by atoms with van der Waals surface area (Å²) in [5.41, 5.74) is 0.909. The molecular formula is C15H13BrFNO2. The molecular weight excluding hydrogens is 325 g/mol. The van der Waals surface area contributed by atoms with E-state index < -0.39 is 11.7 Å². The average Bonchev–Trinajstić information content (AvgIpc) is 2.46. The molecule has 2 rings (SSSR count). The lowest BCUT2D eigenvalue weighted by Gasteiger charge is -2.08. The second-order valence-electron chi connectivity index (χ2n) is 4.13. The van der Waals surface area contributed by atoms with Crippen LogP contribution >= 0.6 is 15.9 Å². The highest BCUT2D eigenvalue weighted by molar-refractivity contribution is 9.10. The number of amides is 1. The minimum absolute atomic E-state index is 0.0264. The molecule has 0 fully saturated rings. The van der Waals surface area contributed by atoms with Crippen molar-refractivity contribution >= 4 is 21.8 Å². The normalized spacial score (nSPS) is 10.2. The fourth-order valence-electron chi connectivity index (χ4n) is 1.72. The van der Waals surface area contributed by atoms with Gasteiger partial charge in [-0.2, -0.15) is 0 Å². The van der Waals surface area contributed by atoms with Crippen molar-refractivity contribution < 1.29 is 13.9 Å². The molecule has 0 saturated heterocycles. The van der Waals surface area contributed by atoms with Gasteiger partial charge in [-0.1, -0.05) is 34.1 Å². The maximum absolute atomic E-state index is 13.9. The van der Waals surface area contributed by atoms with Crippen molar-refractivity contribution in [1.82, 2.24) is 5.32 Å². The highest BCUT2D eigenvalue weighted by Crippen LogP contribution is 2.20. The largest absolute Gasteiger partial charge is 0.494 e. The van der Waals surface area contributed by atoms with E-state index in [0.29, 0.717) is 6.54 Å². The lowest BCUT2D eigenvalue weighted by atomic mass is 10.1. The van der Waals surface area contributed by atoms with E-state index >= 15 is 0 Å². The fraction of sp³-hybridized carbons (Fsp3) is 0.133. The van der Waals surface area contributed by atoms with Crippen LogP contribution in [0.3, 0.4) is 0 Å². The predicted molar refractivity (Wildman–Crippen MR) is 78.3 cm³/mol. The molecule has 5 heteroatoms. The van der Waals surface area contributed by atoms with Crippen LogP contribution in [-0.4, -0.2) is 13.0 Å². The Morgan fingerprint density at radius 3 is 2.60 bits per heavy atom. The second-order valence-corrected chi connectivity index (χ2v) is 5.05. The highest BCUT2D eigenvalue weighted by Gasteiger charge is 2.14. The molecule has 3 nitrogen and oxygen atoms in total. The van der Waals surface area contributed by atoms with Gasteiger partial charge in [0.05, 0.1) is 12.7 Å². The SMILES string of the molecule is COc1cccc(C(=O)NCc2ccc(Br)cc2)c1F. The number of benzene rings is 2. The van der Waals surface area contributed by atoms with E-state index in [1.165, 1.54) is 19.2 Å². The van der Waals surface area contributed by atoms with E-state index in [-0.39, 0.29) is 11.3 Å². The molecule has 1 amide bonds. The maximum atomic E-state index is 13.9. The molecule has 0 atom stereocenters. The molecule has 1 N–H and O–H groups in total. The van der Waals surface area contributed by atoms with Gasteiger partial charge >= 0.3 is 0 Å². The van der Waals surface area contributed by atoms with Crippen LogP contribution in [0, 0.1) is 5.82 Å². The molecule has 0 aliphatic heterocycles. The van der Waals surface area contributed by atoms with Gasteiger partial charge in [0.25, 0.3) is 5.91 Å². The number of nitrogens with one attached hydrogen (secondary N) is 1. The number of carbonyl (C=O) groups excluding carboxylic acids is 1. The average molecular weight is 338 g/mol. The number of methoxy groups -OCH3 is 1. The van der Waals surface area contributed by atoms with Crippen molar-refractivity contribution in [2.24, 2.45) is 0 Å². The van der Waals surface area contributed by atoms with Gasteiger partial charge in [-0.05, 0) is 29.8 Å².